The first-order chi connectivity index (χ1) is 9.61. The highest BCUT2D eigenvalue weighted by Gasteiger charge is 2.12. The van der Waals surface area contributed by atoms with E-state index in [-0.39, 0.29) is 6.10 Å². The summed E-state index contributed by atoms with van der Waals surface area (Å²) in [5.41, 5.74) is 1.20. The van der Waals surface area contributed by atoms with Crippen LogP contribution in [0.4, 0.5) is 5.82 Å². The smallest absolute Gasteiger partial charge is 0.137 e. The van der Waals surface area contributed by atoms with Gasteiger partial charge >= 0.3 is 0 Å². The maximum atomic E-state index is 5.62. The Morgan fingerprint density at radius 1 is 1.30 bits per heavy atom. The molecule has 0 aromatic carbocycles. The van der Waals surface area contributed by atoms with Crippen molar-refractivity contribution in [2.24, 2.45) is 0 Å². The molecular formula is C15H22N4O. The minimum atomic E-state index is 0.00477. The third-order valence-electron chi connectivity index (χ3n) is 3.15. The van der Waals surface area contributed by atoms with Crippen LogP contribution in [0.3, 0.4) is 0 Å². The summed E-state index contributed by atoms with van der Waals surface area (Å²) in [6.45, 7) is 5.49. The SMILES string of the molecule is CCO[C@@H](C)c1nccn1Cc1ccnc(N(C)C)c1. The first-order valence-corrected chi connectivity index (χ1v) is 6.86. The fourth-order valence-corrected chi connectivity index (χ4v) is 2.14. The average Bonchev–Trinajstić information content (AvgIpc) is 2.87. The third-order valence-corrected chi connectivity index (χ3v) is 3.15. The van der Waals surface area contributed by atoms with E-state index in [9.17, 15) is 0 Å². The number of pyridine rings is 1. The summed E-state index contributed by atoms with van der Waals surface area (Å²) in [5, 5.41) is 0. The molecule has 0 aliphatic rings. The van der Waals surface area contributed by atoms with Gasteiger partial charge in [0.15, 0.2) is 0 Å². The Labute approximate surface area is 120 Å². The minimum Gasteiger partial charge on any atom is -0.371 e. The highest BCUT2D eigenvalue weighted by atomic mass is 16.5. The molecule has 0 saturated heterocycles. The molecule has 5 nitrogen and oxygen atoms in total. The van der Waals surface area contributed by atoms with Gasteiger partial charge in [-0.3, -0.25) is 0 Å². The van der Waals surface area contributed by atoms with Gasteiger partial charge in [-0.15, -0.1) is 0 Å². The van der Waals surface area contributed by atoms with Crippen LogP contribution < -0.4 is 4.90 Å². The second-order valence-corrected chi connectivity index (χ2v) is 4.93. The summed E-state index contributed by atoms with van der Waals surface area (Å²) in [6.07, 6.45) is 5.65. The molecule has 0 unspecified atom stereocenters. The molecule has 0 aliphatic heterocycles. The largest absolute Gasteiger partial charge is 0.371 e. The Morgan fingerprint density at radius 3 is 2.80 bits per heavy atom. The Balaban J connectivity index is 2.18. The van der Waals surface area contributed by atoms with Crippen LogP contribution in [0.1, 0.15) is 31.3 Å². The number of imidazole rings is 1. The van der Waals surface area contributed by atoms with Gasteiger partial charge in [0.1, 0.15) is 17.7 Å². The maximum absolute atomic E-state index is 5.62. The number of rotatable bonds is 6. The zero-order chi connectivity index (χ0) is 14.5. The topological polar surface area (TPSA) is 43.2 Å². The number of hydrogen-bond acceptors (Lipinski definition) is 4. The van der Waals surface area contributed by atoms with E-state index < -0.39 is 0 Å². The Morgan fingerprint density at radius 2 is 2.10 bits per heavy atom. The molecule has 0 fully saturated rings. The number of anilines is 1. The predicted octanol–water partition coefficient (Wildman–Crippen LogP) is 2.49. The van der Waals surface area contributed by atoms with Gasteiger partial charge in [-0.25, -0.2) is 9.97 Å². The molecule has 0 amide bonds. The molecule has 5 heteroatoms. The highest BCUT2D eigenvalue weighted by Crippen LogP contribution is 2.17. The lowest BCUT2D eigenvalue weighted by molar-refractivity contribution is 0.0677. The van der Waals surface area contributed by atoms with Crippen LogP contribution in [-0.4, -0.2) is 35.2 Å². The standard InChI is InChI=1S/C15H22N4O/c1-5-20-12(2)15-17-8-9-19(15)11-13-6-7-16-14(10-13)18(3)4/h6-10,12H,5,11H2,1-4H3/t12-/m0/s1. The summed E-state index contributed by atoms with van der Waals surface area (Å²) in [5.74, 6) is 1.91. The summed E-state index contributed by atoms with van der Waals surface area (Å²) in [4.78, 5) is 10.7. The molecule has 0 bridgehead atoms. The van der Waals surface area contributed by atoms with Crippen molar-refractivity contribution < 1.29 is 4.74 Å². The molecule has 2 heterocycles. The third kappa shape index (κ3) is 3.36. The quantitative estimate of drug-likeness (QED) is 0.811. The molecule has 0 radical (unpaired) electrons. The fourth-order valence-electron chi connectivity index (χ4n) is 2.14. The summed E-state index contributed by atoms with van der Waals surface area (Å²) in [6, 6.07) is 4.12. The van der Waals surface area contributed by atoms with Crippen molar-refractivity contribution in [2.45, 2.75) is 26.5 Å². The van der Waals surface area contributed by atoms with Gasteiger partial charge in [-0.05, 0) is 31.5 Å². The molecule has 2 aromatic heterocycles. The van der Waals surface area contributed by atoms with E-state index in [0.29, 0.717) is 6.61 Å². The van der Waals surface area contributed by atoms with Crippen molar-refractivity contribution in [3.05, 3.63) is 42.1 Å². The molecule has 2 rings (SSSR count). The van der Waals surface area contributed by atoms with Gasteiger partial charge < -0.3 is 14.2 Å². The van der Waals surface area contributed by atoms with Gasteiger partial charge in [0.05, 0.1) is 0 Å². The summed E-state index contributed by atoms with van der Waals surface area (Å²) >= 11 is 0. The maximum Gasteiger partial charge on any atom is 0.137 e. The second-order valence-electron chi connectivity index (χ2n) is 4.93. The minimum absolute atomic E-state index is 0.00477. The van der Waals surface area contributed by atoms with Crippen LogP contribution in [-0.2, 0) is 11.3 Å². The Bertz CT molecular complexity index is 550. The normalized spacial score (nSPS) is 12.4. The second kappa shape index (κ2) is 6.52. The fraction of sp³-hybridized carbons (Fsp3) is 0.467. The van der Waals surface area contributed by atoms with Crippen molar-refractivity contribution in [3.8, 4) is 0 Å². The molecule has 0 spiro atoms. The lowest BCUT2D eigenvalue weighted by atomic mass is 10.2. The van der Waals surface area contributed by atoms with Gasteiger partial charge in [-0.2, -0.15) is 0 Å². The van der Waals surface area contributed by atoms with Crippen LogP contribution in [0.5, 0.6) is 0 Å². The Hall–Kier alpha value is -1.88. The van der Waals surface area contributed by atoms with E-state index in [1.165, 1.54) is 5.56 Å². The molecule has 2 aromatic rings. The van der Waals surface area contributed by atoms with E-state index in [1.807, 2.05) is 57.5 Å². The van der Waals surface area contributed by atoms with E-state index in [0.717, 1.165) is 18.2 Å². The van der Waals surface area contributed by atoms with Crippen molar-refractivity contribution in [2.75, 3.05) is 25.6 Å². The number of ether oxygens (including phenoxy) is 1. The number of hydrogen-bond donors (Lipinski definition) is 0. The molecule has 0 aliphatic carbocycles. The summed E-state index contributed by atoms with van der Waals surface area (Å²) in [7, 11) is 3.98. The lowest BCUT2D eigenvalue weighted by Crippen LogP contribution is -2.12. The predicted molar refractivity (Wildman–Crippen MR) is 79.9 cm³/mol. The Kier molecular flexibility index (Phi) is 4.74. The first kappa shape index (κ1) is 14.5. The van der Waals surface area contributed by atoms with Crippen LogP contribution in [0.25, 0.3) is 0 Å². The van der Waals surface area contributed by atoms with E-state index in [2.05, 4.69) is 20.6 Å². The van der Waals surface area contributed by atoms with Gasteiger partial charge in [-0.1, -0.05) is 0 Å². The van der Waals surface area contributed by atoms with Crippen molar-refractivity contribution in [3.63, 3.8) is 0 Å². The summed E-state index contributed by atoms with van der Waals surface area (Å²) < 4.78 is 7.74. The molecule has 1 atom stereocenters. The van der Waals surface area contributed by atoms with Gasteiger partial charge in [0, 0.05) is 45.8 Å². The van der Waals surface area contributed by atoms with Crippen LogP contribution in [0, 0.1) is 0 Å². The van der Waals surface area contributed by atoms with Crippen LogP contribution >= 0.6 is 0 Å². The van der Waals surface area contributed by atoms with Crippen LogP contribution in [0.15, 0.2) is 30.7 Å². The van der Waals surface area contributed by atoms with E-state index in [4.69, 9.17) is 4.74 Å². The lowest BCUT2D eigenvalue weighted by Gasteiger charge is -2.15. The van der Waals surface area contributed by atoms with Crippen molar-refractivity contribution >= 4 is 5.82 Å². The molecule has 0 N–H and O–H groups in total. The number of nitrogens with zero attached hydrogens (tertiary/aromatic N) is 4. The van der Waals surface area contributed by atoms with Gasteiger partial charge in [0.25, 0.3) is 0 Å². The van der Waals surface area contributed by atoms with Crippen molar-refractivity contribution in [1.82, 2.24) is 14.5 Å². The van der Waals surface area contributed by atoms with E-state index >= 15 is 0 Å². The molecular weight excluding hydrogens is 252 g/mol. The monoisotopic (exact) mass is 274 g/mol. The first-order valence-electron chi connectivity index (χ1n) is 6.86. The zero-order valence-electron chi connectivity index (χ0n) is 12.6. The zero-order valence-corrected chi connectivity index (χ0v) is 12.6. The van der Waals surface area contributed by atoms with Crippen molar-refractivity contribution in [1.29, 1.82) is 0 Å². The molecule has 20 heavy (non-hydrogen) atoms. The van der Waals surface area contributed by atoms with E-state index in [1.54, 1.807) is 0 Å². The average molecular weight is 274 g/mol. The highest BCUT2D eigenvalue weighted by molar-refractivity contribution is 5.39. The molecule has 0 saturated carbocycles. The molecule has 108 valence electrons. The van der Waals surface area contributed by atoms with Gasteiger partial charge in [0.2, 0.25) is 0 Å². The van der Waals surface area contributed by atoms with Crippen LogP contribution in [0.2, 0.25) is 0 Å². The number of aromatic nitrogens is 3.